The standard InChI is InChI=1S/C32H39N5O3/c1-39-29-21-25-20-28-27(32(38)37-13-8-9-26(37)23-34-28)19-24(25)22-30(29)40-18-7-3-2-6-12-35-14-16-36(17-15-35)31-10-4-5-11-33-31/h4-5,10-11,19-23,26H,2-3,6-9,12-18H2,1H3/t26-/m0/s1. The number of hydrogen-bond acceptors (Lipinski definition) is 7. The number of carbonyl (C=O) groups excluding carboxylic acids is 1. The summed E-state index contributed by atoms with van der Waals surface area (Å²) in [4.78, 5) is 29.3. The van der Waals surface area contributed by atoms with Gasteiger partial charge in [-0.1, -0.05) is 18.9 Å². The second-order valence-corrected chi connectivity index (χ2v) is 11.0. The number of fused-ring (bicyclic) bond motifs is 3. The lowest BCUT2D eigenvalue weighted by atomic mass is 10.0. The summed E-state index contributed by atoms with van der Waals surface area (Å²) in [6.07, 6.45) is 10.4. The summed E-state index contributed by atoms with van der Waals surface area (Å²) in [6.45, 7) is 6.88. The topological polar surface area (TPSA) is 70.5 Å². The molecule has 0 bridgehead atoms. The smallest absolute Gasteiger partial charge is 0.256 e. The Morgan fingerprint density at radius 1 is 0.925 bits per heavy atom. The molecule has 3 aliphatic rings. The van der Waals surface area contributed by atoms with Gasteiger partial charge >= 0.3 is 0 Å². The van der Waals surface area contributed by atoms with Gasteiger partial charge in [0.05, 0.1) is 31.0 Å². The molecule has 0 N–H and O–H groups in total. The molecule has 8 heteroatoms. The van der Waals surface area contributed by atoms with Gasteiger partial charge in [0.25, 0.3) is 5.91 Å². The lowest BCUT2D eigenvalue weighted by molar-refractivity contribution is 0.0775. The van der Waals surface area contributed by atoms with E-state index in [2.05, 4.69) is 31.9 Å². The van der Waals surface area contributed by atoms with Crippen molar-refractivity contribution in [2.45, 2.75) is 44.6 Å². The van der Waals surface area contributed by atoms with Crippen molar-refractivity contribution in [1.82, 2.24) is 14.8 Å². The highest BCUT2D eigenvalue weighted by atomic mass is 16.5. The molecule has 210 valence electrons. The van der Waals surface area contributed by atoms with Gasteiger partial charge in [-0.3, -0.25) is 14.7 Å². The first-order valence-corrected chi connectivity index (χ1v) is 14.7. The minimum atomic E-state index is 0.0743. The normalized spacial score (nSPS) is 19.0. The monoisotopic (exact) mass is 541 g/mol. The number of ether oxygens (including phenoxy) is 2. The Morgan fingerprint density at radius 2 is 1.75 bits per heavy atom. The second kappa shape index (κ2) is 12.3. The van der Waals surface area contributed by atoms with Crippen LogP contribution in [0.2, 0.25) is 0 Å². The van der Waals surface area contributed by atoms with E-state index in [1.807, 2.05) is 47.6 Å². The lowest BCUT2D eigenvalue weighted by Crippen LogP contribution is -2.46. The van der Waals surface area contributed by atoms with Crippen molar-refractivity contribution in [2.75, 3.05) is 57.9 Å². The number of nitrogens with zero attached hydrogens (tertiary/aromatic N) is 5. The Labute approximate surface area is 236 Å². The molecule has 4 heterocycles. The summed E-state index contributed by atoms with van der Waals surface area (Å²) >= 11 is 0. The van der Waals surface area contributed by atoms with E-state index < -0.39 is 0 Å². The fraction of sp³-hybridized carbons (Fsp3) is 0.469. The zero-order valence-corrected chi connectivity index (χ0v) is 23.4. The van der Waals surface area contributed by atoms with Crippen LogP contribution in [0.1, 0.15) is 48.9 Å². The average Bonchev–Trinajstić information content (AvgIpc) is 3.43. The lowest BCUT2D eigenvalue weighted by Gasteiger charge is -2.35. The number of hydrogen-bond donors (Lipinski definition) is 0. The molecule has 40 heavy (non-hydrogen) atoms. The molecule has 2 saturated heterocycles. The third-order valence-corrected chi connectivity index (χ3v) is 8.39. The van der Waals surface area contributed by atoms with Crippen LogP contribution in [0.4, 0.5) is 11.5 Å². The van der Waals surface area contributed by atoms with E-state index in [0.29, 0.717) is 17.9 Å². The minimum Gasteiger partial charge on any atom is -0.493 e. The number of rotatable bonds is 10. The van der Waals surface area contributed by atoms with E-state index in [1.54, 1.807) is 7.11 Å². The highest BCUT2D eigenvalue weighted by molar-refractivity contribution is 6.07. The summed E-state index contributed by atoms with van der Waals surface area (Å²) < 4.78 is 11.8. The molecule has 8 nitrogen and oxygen atoms in total. The van der Waals surface area contributed by atoms with E-state index in [9.17, 15) is 4.79 Å². The molecule has 3 aliphatic heterocycles. The van der Waals surface area contributed by atoms with Crippen LogP contribution in [0.3, 0.4) is 0 Å². The van der Waals surface area contributed by atoms with Crippen LogP contribution in [0.15, 0.2) is 53.7 Å². The predicted molar refractivity (Wildman–Crippen MR) is 160 cm³/mol. The molecular formula is C32H39N5O3. The highest BCUT2D eigenvalue weighted by Gasteiger charge is 2.31. The summed E-state index contributed by atoms with van der Waals surface area (Å²) in [5, 5.41) is 1.97. The number of pyridine rings is 1. The van der Waals surface area contributed by atoms with Crippen LogP contribution in [0.25, 0.3) is 10.8 Å². The molecule has 0 radical (unpaired) electrons. The fourth-order valence-electron chi connectivity index (χ4n) is 6.08. The minimum absolute atomic E-state index is 0.0743. The van der Waals surface area contributed by atoms with Crippen molar-refractivity contribution >= 4 is 34.4 Å². The molecule has 1 atom stereocenters. The Kier molecular flexibility index (Phi) is 8.14. The van der Waals surface area contributed by atoms with Gasteiger partial charge in [0, 0.05) is 45.1 Å². The molecule has 6 rings (SSSR count). The van der Waals surface area contributed by atoms with Crippen molar-refractivity contribution in [2.24, 2.45) is 4.99 Å². The largest absolute Gasteiger partial charge is 0.493 e. The number of benzene rings is 2. The van der Waals surface area contributed by atoms with Crippen LogP contribution in [-0.2, 0) is 0 Å². The number of piperazine rings is 1. The van der Waals surface area contributed by atoms with E-state index >= 15 is 0 Å². The number of aromatic nitrogens is 1. The third kappa shape index (κ3) is 5.77. The van der Waals surface area contributed by atoms with Crippen LogP contribution < -0.4 is 14.4 Å². The maximum absolute atomic E-state index is 13.2. The first-order chi connectivity index (χ1) is 19.7. The number of anilines is 1. The second-order valence-electron chi connectivity index (χ2n) is 11.0. The molecule has 2 aromatic carbocycles. The van der Waals surface area contributed by atoms with Gasteiger partial charge in [-0.25, -0.2) is 4.98 Å². The number of unbranched alkanes of at least 4 members (excludes halogenated alkanes) is 3. The van der Waals surface area contributed by atoms with Crippen LogP contribution in [0, 0.1) is 0 Å². The van der Waals surface area contributed by atoms with Crippen LogP contribution in [0.5, 0.6) is 11.5 Å². The highest BCUT2D eigenvalue weighted by Crippen LogP contribution is 2.37. The quantitative estimate of drug-likeness (QED) is 0.324. The van der Waals surface area contributed by atoms with Gasteiger partial charge in [-0.2, -0.15) is 0 Å². The maximum atomic E-state index is 13.2. The third-order valence-electron chi connectivity index (χ3n) is 8.39. The van der Waals surface area contributed by atoms with E-state index in [4.69, 9.17) is 9.47 Å². The Balaban J connectivity index is 0.975. The Bertz CT molecular complexity index is 1350. The number of carbonyl (C=O) groups is 1. The summed E-state index contributed by atoms with van der Waals surface area (Å²) in [7, 11) is 1.67. The molecular weight excluding hydrogens is 502 g/mol. The predicted octanol–water partition coefficient (Wildman–Crippen LogP) is 5.33. The zero-order chi connectivity index (χ0) is 27.3. The molecule has 1 aromatic heterocycles. The van der Waals surface area contributed by atoms with E-state index in [-0.39, 0.29) is 11.9 Å². The molecule has 0 spiro atoms. The van der Waals surface area contributed by atoms with Crippen molar-refractivity contribution in [3.63, 3.8) is 0 Å². The van der Waals surface area contributed by atoms with Crippen molar-refractivity contribution in [3.8, 4) is 11.5 Å². The number of amides is 1. The van der Waals surface area contributed by atoms with Gasteiger partial charge in [0.2, 0.25) is 0 Å². The van der Waals surface area contributed by atoms with Gasteiger partial charge < -0.3 is 19.3 Å². The van der Waals surface area contributed by atoms with E-state index in [0.717, 1.165) is 93.0 Å². The van der Waals surface area contributed by atoms with Crippen molar-refractivity contribution in [3.05, 3.63) is 54.2 Å². The van der Waals surface area contributed by atoms with Crippen LogP contribution >= 0.6 is 0 Å². The van der Waals surface area contributed by atoms with Gasteiger partial charge in [0.1, 0.15) is 5.82 Å². The fourth-order valence-corrected chi connectivity index (χ4v) is 6.08. The molecule has 0 unspecified atom stereocenters. The molecule has 0 aliphatic carbocycles. The molecule has 0 saturated carbocycles. The van der Waals surface area contributed by atoms with Crippen molar-refractivity contribution < 1.29 is 14.3 Å². The number of aliphatic imine (C=N–C) groups is 1. The SMILES string of the molecule is COc1cc2cc3c(cc2cc1OCCCCCCN1CCN(c2ccccn2)CC1)C(=O)N1CCC[C@H]1C=N3. The average molecular weight is 542 g/mol. The van der Waals surface area contributed by atoms with Gasteiger partial charge in [-0.05, 0) is 79.4 Å². The molecule has 1 amide bonds. The molecule has 3 aromatic rings. The van der Waals surface area contributed by atoms with E-state index in [1.165, 1.54) is 12.8 Å². The summed E-state index contributed by atoms with van der Waals surface area (Å²) in [5.41, 5.74) is 1.40. The first-order valence-electron chi connectivity index (χ1n) is 14.7. The van der Waals surface area contributed by atoms with Crippen LogP contribution in [-0.4, -0.2) is 85.9 Å². The summed E-state index contributed by atoms with van der Waals surface area (Å²) in [5.74, 6) is 2.60. The Morgan fingerprint density at radius 3 is 2.58 bits per heavy atom. The molecule has 2 fully saturated rings. The first kappa shape index (κ1) is 26.6. The van der Waals surface area contributed by atoms with Gasteiger partial charge in [-0.15, -0.1) is 0 Å². The Hall–Kier alpha value is -3.65. The number of methoxy groups -OCH3 is 1. The zero-order valence-electron chi connectivity index (χ0n) is 23.4. The summed E-state index contributed by atoms with van der Waals surface area (Å²) in [6, 6.07) is 14.2. The van der Waals surface area contributed by atoms with Gasteiger partial charge in [0.15, 0.2) is 11.5 Å². The van der Waals surface area contributed by atoms with Crippen molar-refractivity contribution in [1.29, 1.82) is 0 Å². The maximum Gasteiger partial charge on any atom is 0.256 e.